The van der Waals surface area contributed by atoms with Crippen LogP contribution in [0, 0.1) is 0 Å². The van der Waals surface area contributed by atoms with E-state index in [2.05, 4.69) is 25.4 Å². The van der Waals surface area contributed by atoms with E-state index in [-0.39, 0.29) is 6.04 Å². The van der Waals surface area contributed by atoms with Crippen LogP contribution < -0.4 is 5.32 Å². The molecule has 0 saturated carbocycles. The van der Waals surface area contributed by atoms with E-state index in [9.17, 15) is 0 Å². The molecular weight excluding hydrogens is 274 g/mol. The Morgan fingerprint density at radius 1 is 1.38 bits per heavy atom. The number of ether oxygens (including phenoxy) is 2. The van der Waals surface area contributed by atoms with Crippen LogP contribution >= 0.6 is 0 Å². The quantitative estimate of drug-likeness (QED) is 0.712. The Labute approximate surface area is 122 Å². The van der Waals surface area contributed by atoms with Crippen molar-refractivity contribution in [3.63, 3.8) is 0 Å². The molecule has 2 aromatic rings. The van der Waals surface area contributed by atoms with Gasteiger partial charge < -0.3 is 19.0 Å². The third kappa shape index (κ3) is 3.46. The van der Waals surface area contributed by atoms with Crippen LogP contribution in [0.3, 0.4) is 0 Å². The molecule has 0 amide bonds. The second-order valence-electron chi connectivity index (χ2n) is 4.87. The number of methoxy groups -OCH3 is 1. The van der Waals surface area contributed by atoms with E-state index in [1.807, 2.05) is 0 Å². The molecule has 2 N–H and O–H groups in total. The summed E-state index contributed by atoms with van der Waals surface area (Å²) in [7, 11) is 1.65. The van der Waals surface area contributed by atoms with Gasteiger partial charge in [-0.05, 0) is 0 Å². The molecule has 1 atom stereocenters. The van der Waals surface area contributed by atoms with Crippen LogP contribution in [0.2, 0.25) is 0 Å². The van der Waals surface area contributed by atoms with Gasteiger partial charge in [-0.25, -0.2) is 4.98 Å². The molecule has 2 aromatic heterocycles. The lowest BCUT2D eigenvalue weighted by Gasteiger charge is -2.19. The Hall–Kier alpha value is -1.77. The van der Waals surface area contributed by atoms with Crippen molar-refractivity contribution in [2.75, 3.05) is 26.9 Å². The van der Waals surface area contributed by atoms with Crippen LogP contribution in [-0.4, -0.2) is 47.0 Å². The minimum absolute atomic E-state index is 0.0245. The molecule has 21 heavy (non-hydrogen) atoms. The largest absolute Gasteiger partial charge is 0.382 e. The topological polar surface area (TPSA) is 98.1 Å². The third-order valence-corrected chi connectivity index (χ3v) is 3.41. The van der Waals surface area contributed by atoms with Gasteiger partial charge >= 0.3 is 0 Å². The molecule has 8 nitrogen and oxygen atoms in total. The lowest BCUT2D eigenvalue weighted by Crippen LogP contribution is -2.28. The fraction of sp³-hybridized carbons (Fsp3) is 0.615. The highest BCUT2D eigenvalue weighted by atomic mass is 16.5. The monoisotopic (exact) mass is 293 g/mol. The van der Waals surface area contributed by atoms with Gasteiger partial charge in [-0.1, -0.05) is 5.16 Å². The zero-order valence-corrected chi connectivity index (χ0v) is 12.0. The smallest absolute Gasteiger partial charge is 0.244 e. The van der Waals surface area contributed by atoms with Crippen molar-refractivity contribution in [3.8, 4) is 0 Å². The average molecular weight is 293 g/mol. The lowest BCUT2D eigenvalue weighted by molar-refractivity contribution is 0.0714. The van der Waals surface area contributed by atoms with Gasteiger partial charge in [-0.15, -0.1) is 0 Å². The van der Waals surface area contributed by atoms with Crippen LogP contribution in [-0.2, 0) is 28.9 Å². The summed E-state index contributed by atoms with van der Waals surface area (Å²) in [6.07, 6.45) is 3.10. The minimum Gasteiger partial charge on any atom is -0.382 e. The Morgan fingerprint density at radius 2 is 2.33 bits per heavy atom. The van der Waals surface area contributed by atoms with Crippen molar-refractivity contribution in [1.82, 2.24) is 25.4 Å². The first kappa shape index (κ1) is 14.2. The number of hydrogen-bond acceptors (Lipinski definition) is 7. The number of aromatic amines is 1. The fourth-order valence-electron chi connectivity index (χ4n) is 2.26. The summed E-state index contributed by atoms with van der Waals surface area (Å²) in [4.78, 5) is 11.8. The average Bonchev–Trinajstić information content (AvgIpc) is 3.15. The first-order valence-electron chi connectivity index (χ1n) is 7.00. The van der Waals surface area contributed by atoms with Crippen LogP contribution in [0.15, 0.2) is 10.9 Å². The molecule has 1 aliphatic rings. The van der Waals surface area contributed by atoms with Crippen LogP contribution in [0.1, 0.15) is 29.1 Å². The maximum Gasteiger partial charge on any atom is 0.244 e. The summed E-state index contributed by atoms with van der Waals surface area (Å²) >= 11 is 0. The molecule has 0 saturated heterocycles. The summed E-state index contributed by atoms with van der Waals surface area (Å²) < 4.78 is 15.6. The second kappa shape index (κ2) is 6.79. The zero-order valence-electron chi connectivity index (χ0n) is 12.0. The predicted molar refractivity (Wildman–Crippen MR) is 72.6 cm³/mol. The van der Waals surface area contributed by atoms with Gasteiger partial charge in [0, 0.05) is 26.5 Å². The predicted octanol–water partition coefficient (Wildman–Crippen LogP) is 0.385. The molecule has 0 fully saturated rings. The van der Waals surface area contributed by atoms with Gasteiger partial charge in [0.15, 0.2) is 5.82 Å². The standard InChI is InChI=1S/C13H19N5O3/c1-19-4-5-20-3-2-12-17-13(21-18-12)10-6-9-11(7-14-10)16-8-15-9/h8,10,14H,2-7H2,1H3,(H,15,16). The summed E-state index contributed by atoms with van der Waals surface area (Å²) in [5.74, 6) is 1.27. The van der Waals surface area contributed by atoms with Gasteiger partial charge in [0.05, 0.1) is 43.6 Å². The van der Waals surface area contributed by atoms with E-state index in [0.717, 1.165) is 24.4 Å². The van der Waals surface area contributed by atoms with Gasteiger partial charge in [0.1, 0.15) is 0 Å². The SMILES string of the molecule is COCCOCCc1noc(C2Cc3nc[nH]c3CN2)n1. The van der Waals surface area contributed by atoms with Crippen molar-refractivity contribution in [2.45, 2.75) is 25.4 Å². The van der Waals surface area contributed by atoms with Gasteiger partial charge in [0.25, 0.3) is 0 Å². The number of nitrogens with zero attached hydrogens (tertiary/aromatic N) is 3. The molecule has 0 aliphatic carbocycles. The molecule has 8 heteroatoms. The molecule has 114 valence electrons. The van der Waals surface area contributed by atoms with E-state index < -0.39 is 0 Å². The van der Waals surface area contributed by atoms with E-state index >= 15 is 0 Å². The van der Waals surface area contributed by atoms with Crippen molar-refractivity contribution < 1.29 is 14.0 Å². The lowest BCUT2D eigenvalue weighted by atomic mass is 10.1. The first-order chi connectivity index (χ1) is 10.4. The highest BCUT2D eigenvalue weighted by Gasteiger charge is 2.25. The van der Waals surface area contributed by atoms with Crippen molar-refractivity contribution in [2.24, 2.45) is 0 Å². The fourth-order valence-corrected chi connectivity index (χ4v) is 2.26. The van der Waals surface area contributed by atoms with Crippen LogP contribution in [0.25, 0.3) is 0 Å². The molecule has 0 radical (unpaired) electrons. The maximum atomic E-state index is 5.39. The number of nitrogens with one attached hydrogen (secondary N) is 2. The Morgan fingerprint density at radius 3 is 3.24 bits per heavy atom. The third-order valence-electron chi connectivity index (χ3n) is 3.41. The highest BCUT2D eigenvalue weighted by Crippen LogP contribution is 2.22. The van der Waals surface area contributed by atoms with Crippen molar-refractivity contribution in [3.05, 3.63) is 29.4 Å². The maximum absolute atomic E-state index is 5.39. The molecule has 3 rings (SSSR count). The van der Waals surface area contributed by atoms with E-state index in [4.69, 9.17) is 14.0 Å². The molecular formula is C13H19N5O3. The summed E-state index contributed by atoms with van der Waals surface area (Å²) in [5, 5.41) is 7.35. The van der Waals surface area contributed by atoms with Gasteiger partial charge in [0.2, 0.25) is 5.89 Å². The second-order valence-corrected chi connectivity index (χ2v) is 4.87. The van der Waals surface area contributed by atoms with Crippen molar-refractivity contribution in [1.29, 1.82) is 0 Å². The number of fused-ring (bicyclic) bond motifs is 1. The molecule has 1 aliphatic heterocycles. The summed E-state index contributed by atoms with van der Waals surface area (Å²) in [6, 6.07) is 0.0245. The van der Waals surface area contributed by atoms with Crippen LogP contribution in [0.5, 0.6) is 0 Å². The Balaban J connectivity index is 1.51. The van der Waals surface area contributed by atoms with Crippen LogP contribution in [0.4, 0.5) is 0 Å². The number of hydrogen-bond donors (Lipinski definition) is 2. The number of imidazole rings is 1. The number of rotatable bonds is 7. The molecule has 0 spiro atoms. The Bertz CT molecular complexity index is 568. The van der Waals surface area contributed by atoms with E-state index in [1.54, 1.807) is 13.4 Å². The van der Waals surface area contributed by atoms with Gasteiger partial charge in [-0.2, -0.15) is 4.98 Å². The van der Waals surface area contributed by atoms with Gasteiger partial charge in [-0.3, -0.25) is 5.32 Å². The van der Waals surface area contributed by atoms with Crippen molar-refractivity contribution >= 4 is 0 Å². The summed E-state index contributed by atoms with van der Waals surface area (Å²) in [6.45, 7) is 2.46. The van der Waals surface area contributed by atoms with E-state index in [0.29, 0.717) is 38.0 Å². The molecule has 3 heterocycles. The first-order valence-corrected chi connectivity index (χ1v) is 7.00. The van der Waals surface area contributed by atoms with E-state index in [1.165, 1.54) is 0 Å². The normalized spacial score (nSPS) is 17.9. The minimum atomic E-state index is 0.0245. The zero-order chi connectivity index (χ0) is 14.5. The highest BCUT2D eigenvalue weighted by molar-refractivity contribution is 5.17. The Kier molecular flexibility index (Phi) is 4.59. The summed E-state index contributed by atoms with van der Waals surface area (Å²) in [5.41, 5.74) is 2.18. The molecule has 0 aromatic carbocycles. The molecule has 0 bridgehead atoms. The molecule has 1 unspecified atom stereocenters. The number of H-pyrrole nitrogens is 1. The number of aromatic nitrogens is 4.